The summed E-state index contributed by atoms with van der Waals surface area (Å²) >= 11 is 19.6. The molecule has 0 saturated carbocycles. The van der Waals surface area contributed by atoms with Crippen LogP contribution < -0.4 is 0 Å². The summed E-state index contributed by atoms with van der Waals surface area (Å²) in [4.78, 5) is 19.4. The number of amides is 1. The lowest BCUT2D eigenvalue weighted by Gasteiger charge is -2.12. The lowest BCUT2D eigenvalue weighted by Crippen LogP contribution is -2.28. The van der Waals surface area contributed by atoms with E-state index in [-0.39, 0.29) is 5.91 Å². The van der Waals surface area contributed by atoms with Crippen LogP contribution in [0.25, 0.3) is 6.08 Å². The molecular formula is C18H13Cl3N2OS. The molecule has 1 heterocycles. The van der Waals surface area contributed by atoms with Crippen LogP contribution in [0.15, 0.2) is 52.4 Å². The van der Waals surface area contributed by atoms with E-state index >= 15 is 0 Å². The molecule has 0 N–H and O–H groups in total. The standard InChI is InChI=1S/C18H13Cl3N2OS/c1-2-23-17(24)15(9-11-5-3-8-14(20)16(11)21)25-18(23)22-13-7-4-6-12(19)10-13/h3-10H,2H2,1H3/b15-9+,22-18?. The molecule has 1 saturated heterocycles. The first kappa shape index (κ1) is 18.3. The Morgan fingerprint density at radius 1 is 1.16 bits per heavy atom. The van der Waals surface area contributed by atoms with Crippen LogP contribution in [0.3, 0.4) is 0 Å². The van der Waals surface area contributed by atoms with Crippen molar-refractivity contribution in [1.29, 1.82) is 0 Å². The van der Waals surface area contributed by atoms with Crippen molar-refractivity contribution in [3.8, 4) is 0 Å². The molecular weight excluding hydrogens is 399 g/mol. The lowest BCUT2D eigenvalue weighted by molar-refractivity contribution is -0.122. The van der Waals surface area contributed by atoms with Crippen LogP contribution >= 0.6 is 46.6 Å². The molecule has 3 nitrogen and oxygen atoms in total. The average Bonchev–Trinajstić information content (AvgIpc) is 2.86. The Bertz CT molecular complexity index is 896. The van der Waals surface area contributed by atoms with Gasteiger partial charge in [0.2, 0.25) is 0 Å². The van der Waals surface area contributed by atoms with Crippen molar-refractivity contribution in [2.24, 2.45) is 4.99 Å². The maximum Gasteiger partial charge on any atom is 0.266 e. The van der Waals surface area contributed by atoms with E-state index in [2.05, 4.69) is 4.99 Å². The third kappa shape index (κ3) is 4.04. The molecule has 7 heteroatoms. The molecule has 25 heavy (non-hydrogen) atoms. The number of hydrogen-bond acceptors (Lipinski definition) is 3. The van der Waals surface area contributed by atoms with Gasteiger partial charge in [0.25, 0.3) is 5.91 Å². The minimum Gasteiger partial charge on any atom is -0.287 e. The van der Waals surface area contributed by atoms with Crippen LogP contribution in [-0.4, -0.2) is 22.5 Å². The van der Waals surface area contributed by atoms with E-state index in [9.17, 15) is 4.79 Å². The van der Waals surface area contributed by atoms with E-state index in [0.29, 0.717) is 42.9 Å². The summed E-state index contributed by atoms with van der Waals surface area (Å²) in [5, 5.41) is 2.08. The summed E-state index contributed by atoms with van der Waals surface area (Å²) in [5.74, 6) is -0.107. The predicted molar refractivity (Wildman–Crippen MR) is 108 cm³/mol. The summed E-state index contributed by atoms with van der Waals surface area (Å²) in [7, 11) is 0. The number of carbonyl (C=O) groups excluding carboxylic acids is 1. The third-order valence-corrected chi connectivity index (χ3v) is 5.58. The van der Waals surface area contributed by atoms with Gasteiger partial charge in [-0.15, -0.1) is 0 Å². The molecule has 3 rings (SSSR count). The molecule has 2 aromatic rings. The summed E-state index contributed by atoms with van der Waals surface area (Å²) in [6.07, 6.45) is 1.74. The third-order valence-electron chi connectivity index (χ3n) is 3.51. The number of aliphatic imine (C=N–C) groups is 1. The molecule has 1 amide bonds. The molecule has 128 valence electrons. The van der Waals surface area contributed by atoms with Gasteiger partial charge in [-0.3, -0.25) is 9.69 Å². The van der Waals surface area contributed by atoms with Crippen molar-refractivity contribution in [1.82, 2.24) is 4.90 Å². The van der Waals surface area contributed by atoms with E-state index in [1.165, 1.54) is 11.8 Å². The molecule has 0 aliphatic carbocycles. The van der Waals surface area contributed by atoms with Crippen LogP contribution in [0.1, 0.15) is 12.5 Å². The topological polar surface area (TPSA) is 32.7 Å². The minimum absolute atomic E-state index is 0.107. The summed E-state index contributed by atoms with van der Waals surface area (Å²) in [6, 6.07) is 12.5. The van der Waals surface area contributed by atoms with Gasteiger partial charge < -0.3 is 0 Å². The van der Waals surface area contributed by atoms with Crippen LogP contribution in [0.5, 0.6) is 0 Å². The fraction of sp³-hybridized carbons (Fsp3) is 0.111. The number of nitrogens with zero attached hydrogens (tertiary/aromatic N) is 2. The van der Waals surface area contributed by atoms with Gasteiger partial charge in [-0.2, -0.15) is 0 Å². The van der Waals surface area contributed by atoms with Crippen molar-refractivity contribution < 1.29 is 4.79 Å². The highest BCUT2D eigenvalue weighted by Crippen LogP contribution is 2.36. The largest absolute Gasteiger partial charge is 0.287 e. The number of benzene rings is 2. The second-order valence-electron chi connectivity index (χ2n) is 5.18. The molecule has 0 bridgehead atoms. The number of likely N-dealkylation sites (N-methyl/N-ethyl adjacent to an activating group) is 1. The first-order valence-electron chi connectivity index (χ1n) is 7.49. The zero-order valence-corrected chi connectivity index (χ0v) is 16.3. The first-order valence-corrected chi connectivity index (χ1v) is 9.44. The summed E-state index contributed by atoms with van der Waals surface area (Å²) < 4.78 is 0. The zero-order chi connectivity index (χ0) is 18.0. The van der Waals surface area contributed by atoms with E-state index in [0.717, 1.165) is 0 Å². The molecule has 0 radical (unpaired) electrons. The van der Waals surface area contributed by atoms with Crippen molar-refractivity contribution in [3.63, 3.8) is 0 Å². The average molecular weight is 412 g/mol. The highest BCUT2D eigenvalue weighted by atomic mass is 35.5. The maximum absolute atomic E-state index is 12.7. The molecule has 2 aromatic carbocycles. The van der Waals surface area contributed by atoms with Crippen LogP contribution in [0, 0.1) is 0 Å². The van der Waals surface area contributed by atoms with Gasteiger partial charge in [0, 0.05) is 11.6 Å². The Balaban J connectivity index is 1.97. The Morgan fingerprint density at radius 2 is 1.92 bits per heavy atom. The first-order chi connectivity index (χ1) is 12.0. The smallest absolute Gasteiger partial charge is 0.266 e. The normalized spacial score (nSPS) is 17.8. The van der Waals surface area contributed by atoms with Gasteiger partial charge in [0.15, 0.2) is 5.17 Å². The van der Waals surface area contributed by atoms with Gasteiger partial charge in [-0.25, -0.2) is 4.99 Å². The molecule has 0 atom stereocenters. The SMILES string of the molecule is CCN1C(=O)/C(=C\c2cccc(Cl)c2Cl)SC1=Nc1cccc(Cl)c1. The van der Waals surface area contributed by atoms with Gasteiger partial charge in [-0.05, 0) is 54.6 Å². The van der Waals surface area contributed by atoms with E-state index in [1.54, 1.807) is 35.2 Å². The van der Waals surface area contributed by atoms with Crippen LogP contribution in [0.2, 0.25) is 15.1 Å². The molecule has 1 aliphatic heterocycles. The lowest BCUT2D eigenvalue weighted by atomic mass is 10.2. The minimum atomic E-state index is -0.107. The highest BCUT2D eigenvalue weighted by molar-refractivity contribution is 8.18. The number of amidine groups is 1. The fourth-order valence-electron chi connectivity index (χ4n) is 2.30. The number of carbonyl (C=O) groups is 1. The van der Waals surface area contributed by atoms with Gasteiger partial charge >= 0.3 is 0 Å². The summed E-state index contributed by atoms with van der Waals surface area (Å²) in [5.41, 5.74) is 1.40. The predicted octanol–water partition coefficient (Wildman–Crippen LogP) is 6.27. The molecule has 0 aromatic heterocycles. The van der Waals surface area contributed by atoms with Gasteiger partial charge in [0.1, 0.15) is 0 Å². The number of hydrogen-bond donors (Lipinski definition) is 0. The van der Waals surface area contributed by atoms with Crippen molar-refractivity contribution in [3.05, 3.63) is 68.0 Å². The zero-order valence-electron chi connectivity index (χ0n) is 13.2. The second kappa shape index (κ2) is 7.83. The van der Waals surface area contributed by atoms with E-state index in [1.807, 2.05) is 25.1 Å². The van der Waals surface area contributed by atoms with Gasteiger partial charge in [0.05, 0.1) is 20.6 Å². The monoisotopic (exact) mass is 410 g/mol. The summed E-state index contributed by atoms with van der Waals surface area (Å²) in [6.45, 7) is 2.42. The number of rotatable bonds is 3. The van der Waals surface area contributed by atoms with Crippen LogP contribution in [0.4, 0.5) is 5.69 Å². The molecule has 1 aliphatic rings. The van der Waals surface area contributed by atoms with Crippen molar-refractivity contribution in [2.45, 2.75) is 6.92 Å². The molecule has 0 spiro atoms. The highest BCUT2D eigenvalue weighted by Gasteiger charge is 2.32. The Morgan fingerprint density at radius 3 is 2.64 bits per heavy atom. The van der Waals surface area contributed by atoms with E-state index in [4.69, 9.17) is 34.8 Å². The van der Waals surface area contributed by atoms with E-state index < -0.39 is 0 Å². The Hall–Kier alpha value is -1.46. The Labute approximate surface area is 165 Å². The van der Waals surface area contributed by atoms with Crippen molar-refractivity contribution in [2.75, 3.05) is 6.54 Å². The second-order valence-corrected chi connectivity index (χ2v) is 7.41. The molecule has 0 unspecified atom stereocenters. The van der Waals surface area contributed by atoms with Crippen molar-refractivity contribution >= 4 is 69.4 Å². The number of halogens is 3. The number of thioether (sulfide) groups is 1. The maximum atomic E-state index is 12.7. The molecule has 1 fully saturated rings. The van der Waals surface area contributed by atoms with Crippen LogP contribution in [-0.2, 0) is 4.79 Å². The Kier molecular flexibility index (Phi) is 5.74. The fourth-order valence-corrected chi connectivity index (χ4v) is 3.90. The van der Waals surface area contributed by atoms with Gasteiger partial charge in [-0.1, -0.05) is 53.0 Å². The quantitative estimate of drug-likeness (QED) is 0.557.